The van der Waals surface area contributed by atoms with E-state index in [1.54, 1.807) is 53.7 Å². The van der Waals surface area contributed by atoms with Crippen molar-refractivity contribution in [3.05, 3.63) is 66.1 Å². The first kappa shape index (κ1) is 19.2. The number of aromatic nitrogens is 1. The maximum absolute atomic E-state index is 12.9. The number of alkyl halides is 2. The second-order valence-corrected chi connectivity index (χ2v) is 6.31. The maximum Gasteiger partial charge on any atom is 0.282 e. The molecule has 3 rings (SSSR count). The second-order valence-electron chi connectivity index (χ2n) is 6.31. The van der Waals surface area contributed by atoms with Crippen molar-refractivity contribution in [1.29, 1.82) is 5.41 Å². The van der Waals surface area contributed by atoms with Gasteiger partial charge in [-0.1, -0.05) is 0 Å². The third-order valence-electron chi connectivity index (χ3n) is 4.26. The molecule has 0 radical (unpaired) electrons. The first-order valence-corrected chi connectivity index (χ1v) is 8.50. The Kier molecular flexibility index (Phi) is 5.49. The van der Waals surface area contributed by atoms with Gasteiger partial charge in [0.1, 0.15) is 0 Å². The molecule has 6 nitrogen and oxygen atoms in total. The minimum absolute atomic E-state index is 0.288. The topological polar surface area (TPSA) is 95.1 Å². The van der Waals surface area contributed by atoms with Gasteiger partial charge >= 0.3 is 0 Å². The molecule has 1 aliphatic heterocycles. The fourth-order valence-electron chi connectivity index (χ4n) is 2.82. The van der Waals surface area contributed by atoms with Gasteiger partial charge in [0.25, 0.3) is 5.92 Å². The lowest BCUT2D eigenvalue weighted by atomic mass is 10.0. The highest BCUT2D eigenvalue weighted by atomic mass is 19.3. The van der Waals surface area contributed by atoms with Gasteiger partial charge < -0.3 is 21.4 Å². The number of hydrogen-bond donors (Lipinski definition) is 3. The van der Waals surface area contributed by atoms with Crippen molar-refractivity contribution in [2.75, 3.05) is 23.3 Å². The summed E-state index contributed by atoms with van der Waals surface area (Å²) in [6.07, 6.45) is 8.53. The third kappa shape index (κ3) is 4.40. The molecule has 8 heteroatoms. The Bertz CT molecular complexity index is 930. The van der Waals surface area contributed by atoms with Crippen molar-refractivity contribution in [2.24, 2.45) is 5.73 Å². The molecule has 1 saturated heterocycles. The number of nitrogens with two attached hydrogens (primary N) is 1. The number of allylic oxidation sites excluding steroid dienone is 1. The smallest absolute Gasteiger partial charge is 0.282 e. The number of carbonyl (C=O) groups is 1. The molecule has 0 spiro atoms. The summed E-state index contributed by atoms with van der Waals surface area (Å²) in [5, 5.41) is 10.1. The molecule has 0 atom stereocenters. The fourth-order valence-corrected chi connectivity index (χ4v) is 2.82. The van der Waals surface area contributed by atoms with E-state index in [2.05, 4.69) is 10.3 Å². The standard InChI is InChI=1S/C20H19F2N5O/c21-20(22)12-27(13-20)17-4-2-16(3-5-17)26-19(28)6-1-14-11-25-8-7-18(14)15(9-23)10-24/h1-11,23H,12-13,24H2,(H,26,28)/b6-1+,15-10?,23-9?. The fraction of sp³-hybridized carbons (Fsp3) is 0.150. The molecule has 1 fully saturated rings. The van der Waals surface area contributed by atoms with Crippen LogP contribution in [0, 0.1) is 5.41 Å². The van der Waals surface area contributed by atoms with Gasteiger partial charge in [-0.15, -0.1) is 0 Å². The average Bonchev–Trinajstić information content (AvgIpc) is 2.67. The molecule has 1 aliphatic rings. The van der Waals surface area contributed by atoms with Crippen LogP contribution in [0.1, 0.15) is 11.1 Å². The Morgan fingerprint density at radius 2 is 1.96 bits per heavy atom. The van der Waals surface area contributed by atoms with Gasteiger partial charge in [0.2, 0.25) is 5.91 Å². The van der Waals surface area contributed by atoms with Crippen LogP contribution in [0.3, 0.4) is 0 Å². The first-order valence-electron chi connectivity index (χ1n) is 8.50. The monoisotopic (exact) mass is 383 g/mol. The minimum Gasteiger partial charge on any atom is -0.404 e. The molecular formula is C20H19F2N5O. The van der Waals surface area contributed by atoms with Crippen LogP contribution in [-0.4, -0.2) is 36.1 Å². The highest BCUT2D eigenvalue weighted by Crippen LogP contribution is 2.32. The predicted molar refractivity (Wildman–Crippen MR) is 106 cm³/mol. The van der Waals surface area contributed by atoms with Crippen LogP contribution in [0.5, 0.6) is 0 Å². The van der Waals surface area contributed by atoms with Crippen molar-refractivity contribution in [1.82, 2.24) is 4.98 Å². The van der Waals surface area contributed by atoms with Gasteiger partial charge in [-0.3, -0.25) is 9.78 Å². The highest BCUT2D eigenvalue weighted by molar-refractivity contribution is 6.10. The zero-order valence-corrected chi connectivity index (χ0v) is 14.9. The Morgan fingerprint density at radius 1 is 1.25 bits per heavy atom. The number of benzene rings is 1. The maximum atomic E-state index is 12.9. The largest absolute Gasteiger partial charge is 0.404 e. The Morgan fingerprint density at radius 3 is 2.57 bits per heavy atom. The molecule has 0 saturated carbocycles. The van der Waals surface area contributed by atoms with Gasteiger partial charge in [-0.2, -0.15) is 0 Å². The summed E-state index contributed by atoms with van der Waals surface area (Å²) in [6, 6.07) is 8.42. The predicted octanol–water partition coefficient (Wildman–Crippen LogP) is 3.14. The lowest BCUT2D eigenvalue weighted by Crippen LogP contribution is -2.56. The molecule has 144 valence electrons. The molecule has 1 aromatic heterocycles. The molecule has 0 bridgehead atoms. The van der Waals surface area contributed by atoms with Crippen LogP contribution in [0.4, 0.5) is 20.2 Å². The lowest BCUT2D eigenvalue weighted by Gasteiger charge is -2.40. The van der Waals surface area contributed by atoms with Crippen molar-refractivity contribution in [3.63, 3.8) is 0 Å². The second kappa shape index (κ2) is 7.99. The van der Waals surface area contributed by atoms with Gasteiger partial charge in [0, 0.05) is 53.4 Å². The summed E-state index contributed by atoms with van der Waals surface area (Å²) in [4.78, 5) is 17.8. The third-order valence-corrected chi connectivity index (χ3v) is 4.26. The molecule has 0 aliphatic carbocycles. The summed E-state index contributed by atoms with van der Waals surface area (Å²) in [6.45, 7) is -0.576. The number of rotatable bonds is 6. The molecule has 2 aromatic rings. The number of nitrogens with zero attached hydrogens (tertiary/aromatic N) is 2. The van der Waals surface area contributed by atoms with Crippen LogP contribution in [-0.2, 0) is 4.79 Å². The van der Waals surface area contributed by atoms with Crippen LogP contribution < -0.4 is 16.0 Å². The molecule has 0 unspecified atom stereocenters. The summed E-state index contributed by atoms with van der Waals surface area (Å²) in [5.41, 5.74) is 8.61. The Labute approximate surface area is 160 Å². The molecule has 1 aromatic carbocycles. The number of pyridine rings is 1. The molecule has 2 heterocycles. The zero-order chi connectivity index (χ0) is 20.1. The van der Waals surface area contributed by atoms with E-state index in [-0.39, 0.29) is 19.0 Å². The Balaban J connectivity index is 1.64. The van der Waals surface area contributed by atoms with Crippen LogP contribution in [0.25, 0.3) is 11.6 Å². The zero-order valence-electron chi connectivity index (χ0n) is 14.9. The SMILES string of the molecule is N=CC(=CN)c1ccncc1/C=C/C(=O)Nc1ccc(N2CC(F)(F)C2)cc1. The number of carbonyl (C=O) groups excluding carboxylic acids is 1. The highest BCUT2D eigenvalue weighted by Gasteiger charge is 2.43. The average molecular weight is 383 g/mol. The van der Waals surface area contributed by atoms with Gasteiger partial charge in [-0.25, -0.2) is 8.78 Å². The number of anilines is 2. The van der Waals surface area contributed by atoms with Crippen molar-refractivity contribution in [3.8, 4) is 0 Å². The molecule has 1 amide bonds. The van der Waals surface area contributed by atoms with Gasteiger partial charge in [0.15, 0.2) is 0 Å². The van der Waals surface area contributed by atoms with Crippen molar-refractivity contribution < 1.29 is 13.6 Å². The van der Waals surface area contributed by atoms with Crippen LogP contribution in [0.2, 0.25) is 0 Å². The van der Waals surface area contributed by atoms with Crippen LogP contribution >= 0.6 is 0 Å². The van der Waals surface area contributed by atoms with E-state index >= 15 is 0 Å². The van der Waals surface area contributed by atoms with E-state index in [1.165, 1.54) is 12.3 Å². The normalized spacial score (nSPS) is 15.9. The van der Waals surface area contributed by atoms with E-state index in [0.29, 0.717) is 28.1 Å². The van der Waals surface area contributed by atoms with Crippen molar-refractivity contribution in [2.45, 2.75) is 5.92 Å². The molecule has 4 N–H and O–H groups in total. The van der Waals surface area contributed by atoms with Crippen LogP contribution in [0.15, 0.2) is 55.0 Å². The summed E-state index contributed by atoms with van der Waals surface area (Å²) < 4.78 is 25.9. The number of hydrogen-bond acceptors (Lipinski definition) is 5. The van der Waals surface area contributed by atoms with E-state index in [0.717, 1.165) is 6.21 Å². The van der Waals surface area contributed by atoms with E-state index < -0.39 is 5.92 Å². The van der Waals surface area contributed by atoms with Gasteiger partial charge in [0.05, 0.1) is 13.1 Å². The number of amides is 1. The first-order chi connectivity index (χ1) is 13.4. The Hall–Kier alpha value is -3.55. The molecule has 28 heavy (non-hydrogen) atoms. The summed E-state index contributed by atoms with van der Waals surface area (Å²) in [7, 11) is 0. The lowest BCUT2D eigenvalue weighted by molar-refractivity contribution is -0.111. The summed E-state index contributed by atoms with van der Waals surface area (Å²) >= 11 is 0. The minimum atomic E-state index is -2.63. The number of halogens is 2. The van der Waals surface area contributed by atoms with E-state index in [4.69, 9.17) is 11.1 Å². The number of nitrogens with one attached hydrogen (secondary N) is 2. The molecular weight excluding hydrogens is 364 g/mol. The van der Waals surface area contributed by atoms with Gasteiger partial charge in [-0.05, 0) is 42.0 Å². The quantitative estimate of drug-likeness (QED) is 0.528. The van der Waals surface area contributed by atoms with Crippen molar-refractivity contribution >= 4 is 35.1 Å². The van der Waals surface area contributed by atoms with E-state index in [1.807, 2.05) is 0 Å². The van der Waals surface area contributed by atoms with E-state index in [9.17, 15) is 13.6 Å². The summed E-state index contributed by atoms with van der Waals surface area (Å²) in [5.74, 6) is -2.98.